The highest BCUT2D eigenvalue weighted by Crippen LogP contribution is 2.43. The molecule has 0 fully saturated rings. The van der Waals surface area contributed by atoms with Crippen molar-refractivity contribution in [1.82, 2.24) is 0 Å². The Morgan fingerprint density at radius 2 is 2.20 bits per heavy atom. The summed E-state index contributed by atoms with van der Waals surface area (Å²) in [6.07, 6.45) is 2.09. The van der Waals surface area contributed by atoms with Gasteiger partial charge in [0.15, 0.2) is 0 Å². The molecule has 1 aliphatic rings. The van der Waals surface area contributed by atoms with Crippen molar-refractivity contribution < 1.29 is 4.39 Å². The molecule has 2 N–H and O–H groups in total. The third kappa shape index (κ3) is 1.67. The molecule has 0 aromatic heterocycles. The van der Waals surface area contributed by atoms with Crippen LogP contribution in [0.3, 0.4) is 0 Å². The van der Waals surface area contributed by atoms with Gasteiger partial charge in [-0.2, -0.15) is 0 Å². The van der Waals surface area contributed by atoms with Gasteiger partial charge in [0, 0.05) is 0 Å². The minimum absolute atomic E-state index is 0.0493. The largest absolute Gasteiger partial charge is 0.330 e. The van der Waals surface area contributed by atoms with Crippen LogP contribution in [0.2, 0.25) is 0 Å². The maximum atomic E-state index is 13.8. The van der Waals surface area contributed by atoms with Crippen LogP contribution in [0.25, 0.3) is 0 Å². The first-order valence-electron chi connectivity index (χ1n) is 5.55. The Labute approximate surface area is 90.5 Å². The van der Waals surface area contributed by atoms with Crippen LogP contribution in [0.4, 0.5) is 4.39 Å². The van der Waals surface area contributed by atoms with Gasteiger partial charge in [0.05, 0.1) is 0 Å². The molecule has 0 radical (unpaired) electrons. The Kier molecular flexibility index (Phi) is 2.55. The van der Waals surface area contributed by atoms with Crippen molar-refractivity contribution in [2.45, 2.75) is 38.0 Å². The Morgan fingerprint density at radius 1 is 1.47 bits per heavy atom. The van der Waals surface area contributed by atoms with E-state index in [0.29, 0.717) is 12.5 Å². The molecule has 1 atom stereocenters. The van der Waals surface area contributed by atoms with Crippen molar-refractivity contribution in [2.24, 2.45) is 5.73 Å². The van der Waals surface area contributed by atoms with Gasteiger partial charge in [-0.15, -0.1) is 0 Å². The molecule has 0 spiro atoms. The van der Waals surface area contributed by atoms with Gasteiger partial charge in [0.2, 0.25) is 0 Å². The molecule has 0 saturated carbocycles. The van der Waals surface area contributed by atoms with Crippen LogP contribution >= 0.6 is 0 Å². The van der Waals surface area contributed by atoms with E-state index >= 15 is 0 Å². The van der Waals surface area contributed by atoms with Crippen LogP contribution in [-0.2, 0) is 5.41 Å². The fraction of sp³-hybridized carbons (Fsp3) is 0.538. The summed E-state index contributed by atoms with van der Waals surface area (Å²) in [5, 5.41) is 0. The monoisotopic (exact) mass is 207 g/mol. The molecule has 1 nitrogen and oxygen atoms in total. The van der Waals surface area contributed by atoms with Gasteiger partial charge in [0.25, 0.3) is 0 Å². The van der Waals surface area contributed by atoms with Crippen molar-refractivity contribution in [1.29, 1.82) is 0 Å². The number of fused-ring (bicyclic) bond motifs is 1. The number of hydrogen-bond donors (Lipinski definition) is 1. The topological polar surface area (TPSA) is 26.0 Å². The molecular formula is C13H18FN. The van der Waals surface area contributed by atoms with Crippen molar-refractivity contribution in [3.8, 4) is 0 Å². The quantitative estimate of drug-likeness (QED) is 0.752. The second kappa shape index (κ2) is 3.60. The van der Waals surface area contributed by atoms with Crippen molar-refractivity contribution >= 4 is 0 Å². The third-order valence-corrected chi connectivity index (χ3v) is 3.56. The van der Waals surface area contributed by atoms with Crippen molar-refractivity contribution in [3.63, 3.8) is 0 Å². The zero-order valence-corrected chi connectivity index (χ0v) is 9.39. The fourth-order valence-electron chi connectivity index (χ4n) is 2.66. The van der Waals surface area contributed by atoms with E-state index in [4.69, 9.17) is 5.73 Å². The fourth-order valence-corrected chi connectivity index (χ4v) is 2.66. The lowest BCUT2D eigenvalue weighted by molar-refractivity contribution is 0.376. The van der Waals surface area contributed by atoms with E-state index in [0.717, 1.165) is 24.0 Å². The number of nitrogens with two attached hydrogens (primary N) is 1. The molecule has 1 aliphatic carbocycles. The van der Waals surface area contributed by atoms with E-state index in [-0.39, 0.29) is 11.2 Å². The Morgan fingerprint density at radius 3 is 2.87 bits per heavy atom. The highest BCUT2D eigenvalue weighted by molar-refractivity contribution is 5.39. The Hall–Kier alpha value is -0.890. The maximum absolute atomic E-state index is 13.8. The maximum Gasteiger partial charge on any atom is 0.127 e. The zero-order chi connectivity index (χ0) is 11.1. The van der Waals surface area contributed by atoms with E-state index in [2.05, 4.69) is 13.8 Å². The van der Waals surface area contributed by atoms with Gasteiger partial charge in [-0.05, 0) is 47.9 Å². The summed E-state index contributed by atoms with van der Waals surface area (Å²) in [7, 11) is 0. The molecule has 82 valence electrons. The van der Waals surface area contributed by atoms with Crippen molar-refractivity contribution in [2.75, 3.05) is 6.54 Å². The lowest BCUT2D eigenvalue weighted by Gasteiger charge is -2.36. The second-order valence-electron chi connectivity index (χ2n) is 5.06. The molecule has 2 rings (SSSR count). The van der Waals surface area contributed by atoms with Gasteiger partial charge in [-0.3, -0.25) is 0 Å². The van der Waals surface area contributed by atoms with Gasteiger partial charge in [-0.1, -0.05) is 26.0 Å². The van der Waals surface area contributed by atoms with Crippen LogP contribution in [-0.4, -0.2) is 6.54 Å². The van der Waals surface area contributed by atoms with Crippen LogP contribution < -0.4 is 5.73 Å². The first kappa shape index (κ1) is 10.6. The van der Waals surface area contributed by atoms with E-state index in [1.807, 2.05) is 6.07 Å². The standard InChI is InChI=1S/C13H18FN/c1-13(2)7-6-9(8-15)10-4-3-5-11(14)12(10)13/h3-5,9H,6-8,15H2,1-2H3. The first-order chi connectivity index (χ1) is 7.06. The van der Waals surface area contributed by atoms with E-state index in [1.54, 1.807) is 12.1 Å². The van der Waals surface area contributed by atoms with E-state index in [1.165, 1.54) is 0 Å². The van der Waals surface area contributed by atoms with Gasteiger partial charge in [0.1, 0.15) is 5.82 Å². The van der Waals surface area contributed by atoms with Gasteiger partial charge in [-0.25, -0.2) is 4.39 Å². The summed E-state index contributed by atoms with van der Waals surface area (Å²) >= 11 is 0. The lowest BCUT2D eigenvalue weighted by Crippen LogP contribution is -2.30. The van der Waals surface area contributed by atoms with Gasteiger partial charge < -0.3 is 5.73 Å². The SMILES string of the molecule is CC1(C)CCC(CN)c2cccc(F)c21. The molecule has 1 aromatic rings. The molecule has 0 saturated heterocycles. The lowest BCUT2D eigenvalue weighted by atomic mass is 9.68. The third-order valence-electron chi connectivity index (χ3n) is 3.56. The average Bonchev–Trinajstić information content (AvgIpc) is 2.17. The molecule has 1 unspecified atom stereocenters. The van der Waals surface area contributed by atoms with E-state index in [9.17, 15) is 4.39 Å². The predicted octanol–water partition coefficient (Wildman–Crippen LogP) is 2.94. The molecule has 0 aliphatic heterocycles. The molecule has 15 heavy (non-hydrogen) atoms. The number of rotatable bonds is 1. The summed E-state index contributed by atoms with van der Waals surface area (Å²) in [6.45, 7) is 4.84. The van der Waals surface area contributed by atoms with Crippen molar-refractivity contribution in [3.05, 3.63) is 35.1 Å². The average molecular weight is 207 g/mol. The summed E-state index contributed by atoms with van der Waals surface area (Å²) in [6, 6.07) is 5.37. The summed E-state index contributed by atoms with van der Waals surface area (Å²) in [5.74, 6) is 0.263. The normalized spacial score (nSPS) is 23.6. The molecule has 1 aromatic carbocycles. The molecule has 0 heterocycles. The van der Waals surface area contributed by atoms with Crippen LogP contribution in [0.5, 0.6) is 0 Å². The van der Waals surface area contributed by atoms with Gasteiger partial charge >= 0.3 is 0 Å². The number of benzene rings is 1. The zero-order valence-electron chi connectivity index (χ0n) is 9.39. The number of halogens is 1. The Bertz CT molecular complexity index is 371. The minimum Gasteiger partial charge on any atom is -0.330 e. The molecular weight excluding hydrogens is 189 g/mol. The van der Waals surface area contributed by atoms with Crippen LogP contribution in [0, 0.1) is 5.82 Å². The minimum atomic E-state index is -0.0735. The van der Waals surface area contributed by atoms with Crippen LogP contribution in [0.1, 0.15) is 43.7 Å². The predicted molar refractivity (Wildman–Crippen MR) is 60.5 cm³/mol. The first-order valence-corrected chi connectivity index (χ1v) is 5.55. The summed E-state index contributed by atoms with van der Waals surface area (Å²) in [4.78, 5) is 0. The molecule has 0 amide bonds. The second-order valence-corrected chi connectivity index (χ2v) is 5.06. The number of hydrogen-bond acceptors (Lipinski definition) is 1. The Balaban J connectivity index is 2.58. The molecule has 0 bridgehead atoms. The summed E-state index contributed by atoms with van der Waals surface area (Å²) in [5.41, 5.74) is 7.69. The van der Waals surface area contributed by atoms with E-state index < -0.39 is 0 Å². The van der Waals surface area contributed by atoms with Crippen LogP contribution in [0.15, 0.2) is 18.2 Å². The summed E-state index contributed by atoms with van der Waals surface area (Å²) < 4.78 is 13.8. The highest BCUT2D eigenvalue weighted by atomic mass is 19.1. The highest BCUT2D eigenvalue weighted by Gasteiger charge is 2.34. The smallest absolute Gasteiger partial charge is 0.127 e. The molecule has 2 heteroatoms.